The van der Waals surface area contributed by atoms with E-state index >= 15 is 0 Å². The molecule has 104 valence electrons. The lowest BCUT2D eigenvalue weighted by Gasteiger charge is -2.15. The Hall–Kier alpha value is -1.65. The first-order valence-electron chi connectivity index (χ1n) is 6.71. The van der Waals surface area contributed by atoms with Gasteiger partial charge in [0.25, 0.3) is 0 Å². The number of aromatic nitrogens is 1. The second-order valence-electron chi connectivity index (χ2n) is 5.23. The molecule has 4 nitrogen and oxygen atoms in total. The number of nitrogens with one attached hydrogen (secondary N) is 2. The van der Waals surface area contributed by atoms with Gasteiger partial charge in [-0.1, -0.05) is 18.5 Å². The van der Waals surface area contributed by atoms with Crippen LogP contribution in [0, 0.1) is 11.8 Å². The lowest BCUT2D eigenvalue weighted by atomic mass is 9.97. The fourth-order valence-corrected chi connectivity index (χ4v) is 2.85. The first kappa shape index (κ1) is 13.3. The highest BCUT2D eigenvalue weighted by Crippen LogP contribution is 2.29. The number of anilines is 1. The monoisotopic (exact) mass is 289 g/mol. The lowest BCUT2D eigenvalue weighted by Crippen LogP contribution is -2.27. The van der Waals surface area contributed by atoms with Crippen molar-refractivity contribution in [3.05, 3.63) is 35.5 Å². The van der Waals surface area contributed by atoms with Gasteiger partial charge in [0.15, 0.2) is 0 Å². The predicted molar refractivity (Wildman–Crippen MR) is 80.9 cm³/mol. The fraction of sp³-hybridized carbons (Fsp3) is 0.333. The van der Waals surface area contributed by atoms with Crippen molar-refractivity contribution in [2.24, 2.45) is 11.8 Å². The maximum absolute atomic E-state index is 12.3. The van der Waals surface area contributed by atoms with Crippen molar-refractivity contribution in [3.8, 4) is 0 Å². The zero-order valence-electron chi connectivity index (χ0n) is 11.2. The van der Waals surface area contributed by atoms with E-state index in [1.54, 1.807) is 12.3 Å². The van der Waals surface area contributed by atoms with Gasteiger partial charge >= 0.3 is 0 Å². The Balaban J connectivity index is 1.91. The van der Waals surface area contributed by atoms with Crippen LogP contribution in [0.4, 0.5) is 5.69 Å². The second-order valence-corrected chi connectivity index (χ2v) is 5.63. The maximum atomic E-state index is 12.3. The number of pyridine rings is 1. The van der Waals surface area contributed by atoms with Gasteiger partial charge in [0.05, 0.1) is 22.1 Å². The van der Waals surface area contributed by atoms with Crippen molar-refractivity contribution in [3.63, 3.8) is 0 Å². The Labute approximate surface area is 122 Å². The number of hydrogen-bond acceptors (Lipinski definition) is 3. The molecule has 20 heavy (non-hydrogen) atoms. The number of rotatable bonds is 2. The van der Waals surface area contributed by atoms with Gasteiger partial charge < -0.3 is 10.6 Å². The first-order valence-corrected chi connectivity index (χ1v) is 7.09. The molecule has 2 atom stereocenters. The molecular weight excluding hydrogens is 274 g/mol. The van der Waals surface area contributed by atoms with Gasteiger partial charge in [-0.25, -0.2) is 0 Å². The molecule has 1 aliphatic rings. The number of carbonyl (C=O) groups excluding carboxylic acids is 1. The van der Waals surface area contributed by atoms with Gasteiger partial charge in [-0.05, 0) is 36.7 Å². The van der Waals surface area contributed by atoms with Crippen molar-refractivity contribution < 1.29 is 4.79 Å². The van der Waals surface area contributed by atoms with Crippen LogP contribution in [-0.4, -0.2) is 24.0 Å². The summed E-state index contributed by atoms with van der Waals surface area (Å²) >= 11 is 6.13. The molecule has 1 aromatic carbocycles. The Morgan fingerprint density at radius 1 is 1.40 bits per heavy atom. The van der Waals surface area contributed by atoms with Crippen LogP contribution in [0.3, 0.4) is 0 Å². The van der Waals surface area contributed by atoms with E-state index in [0.717, 1.165) is 24.2 Å². The van der Waals surface area contributed by atoms with Crippen LogP contribution in [0.5, 0.6) is 0 Å². The number of amides is 1. The summed E-state index contributed by atoms with van der Waals surface area (Å²) in [6.07, 6.45) is 1.70. The summed E-state index contributed by atoms with van der Waals surface area (Å²) in [6.45, 7) is 3.71. The molecule has 0 aliphatic carbocycles. The fourth-order valence-electron chi connectivity index (χ4n) is 2.63. The van der Waals surface area contributed by atoms with E-state index in [2.05, 4.69) is 22.5 Å². The van der Waals surface area contributed by atoms with E-state index in [1.807, 2.05) is 18.2 Å². The predicted octanol–water partition coefficient (Wildman–Crippen LogP) is 2.68. The molecule has 1 saturated heterocycles. The molecule has 1 amide bonds. The molecule has 2 N–H and O–H groups in total. The molecule has 1 aromatic heterocycles. The van der Waals surface area contributed by atoms with Crippen LogP contribution in [0.25, 0.3) is 10.9 Å². The average molecular weight is 290 g/mol. The normalized spacial score (nSPS) is 22.1. The van der Waals surface area contributed by atoms with E-state index in [1.165, 1.54) is 0 Å². The summed E-state index contributed by atoms with van der Waals surface area (Å²) in [5.41, 5.74) is 1.48. The van der Waals surface area contributed by atoms with Crippen molar-refractivity contribution in [1.29, 1.82) is 0 Å². The minimum Gasteiger partial charge on any atom is -0.325 e. The Kier molecular flexibility index (Phi) is 3.59. The van der Waals surface area contributed by atoms with E-state index in [0.29, 0.717) is 16.5 Å². The van der Waals surface area contributed by atoms with Crippen LogP contribution >= 0.6 is 11.6 Å². The average Bonchev–Trinajstić information content (AvgIpc) is 2.88. The van der Waals surface area contributed by atoms with Crippen LogP contribution in [0.15, 0.2) is 30.5 Å². The molecule has 0 saturated carbocycles. The third kappa shape index (κ3) is 2.37. The molecular formula is C15H16ClN3O. The molecule has 0 spiro atoms. The summed E-state index contributed by atoms with van der Waals surface area (Å²) in [5, 5.41) is 7.71. The van der Waals surface area contributed by atoms with Gasteiger partial charge in [0.2, 0.25) is 5.91 Å². The van der Waals surface area contributed by atoms with Crippen LogP contribution in [0.1, 0.15) is 6.92 Å². The Morgan fingerprint density at radius 3 is 3.00 bits per heavy atom. The first-order chi connectivity index (χ1) is 9.66. The molecule has 2 aromatic rings. The van der Waals surface area contributed by atoms with E-state index < -0.39 is 0 Å². The minimum atomic E-state index is 0.0115. The largest absolute Gasteiger partial charge is 0.325 e. The van der Waals surface area contributed by atoms with Crippen molar-refractivity contribution >= 4 is 34.1 Å². The molecule has 0 bridgehead atoms. The van der Waals surface area contributed by atoms with Gasteiger partial charge in [0.1, 0.15) is 0 Å². The molecule has 3 rings (SSSR count). The number of benzene rings is 1. The van der Waals surface area contributed by atoms with E-state index in [4.69, 9.17) is 11.6 Å². The molecule has 0 radical (unpaired) electrons. The number of halogens is 1. The standard InChI is InChI=1S/C15H16ClN3O/c1-9-7-17-8-11(9)15(20)19-13-5-4-12(16)14-10(13)3-2-6-18-14/h2-6,9,11,17H,7-8H2,1H3,(H,19,20). The number of carbonyl (C=O) groups is 1. The minimum absolute atomic E-state index is 0.0115. The van der Waals surface area contributed by atoms with Gasteiger partial charge in [-0.2, -0.15) is 0 Å². The zero-order chi connectivity index (χ0) is 14.1. The Bertz CT molecular complexity index is 659. The van der Waals surface area contributed by atoms with Crippen molar-refractivity contribution in [2.75, 3.05) is 18.4 Å². The van der Waals surface area contributed by atoms with Crippen molar-refractivity contribution in [2.45, 2.75) is 6.92 Å². The van der Waals surface area contributed by atoms with Gasteiger partial charge in [-0.3, -0.25) is 9.78 Å². The van der Waals surface area contributed by atoms with Crippen molar-refractivity contribution in [1.82, 2.24) is 10.3 Å². The van der Waals surface area contributed by atoms with Gasteiger partial charge in [-0.15, -0.1) is 0 Å². The van der Waals surface area contributed by atoms with Gasteiger partial charge in [0, 0.05) is 18.1 Å². The number of fused-ring (bicyclic) bond motifs is 1. The quantitative estimate of drug-likeness (QED) is 0.894. The molecule has 2 heterocycles. The molecule has 5 heteroatoms. The van der Waals surface area contributed by atoms with Crippen LogP contribution < -0.4 is 10.6 Å². The molecule has 2 unspecified atom stereocenters. The SMILES string of the molecule is CC1CNCC1C(=O)Nc1ccc(Cl)c2ncccc12. The zero-order valence-corrected chi connectivity index (χ0v) is 11.9. The van der Waals surface area contributed by atoms with Crippen LogP contribution in [0.2, 0.25) is 5.02 Å². The molecule has 1 fully saturated rings. The summed E-state index contributed by atoms with van der Waals surface area (Å²) in [7, 11) is 0. The third-order valence-corrected chi connectivity index (χ3v) is 4.14. The number of hydrogen-bond donors (Lipinski definition) is 2. The summed E-state index contributed by atoms with van der Waals surface area (Å²) in [5.74, 6) is 0.416. The third-order valence-electron chi connectivity index (χ3n) is 3.83. The topological polar surface area (TPSA) is 54.0 Å². The van der Waals surface area contributed by atoms with Crippen LogP contribution in [-0.2, 0) is 4.79 Å². The summed E-state index contributed by atoms with van der Waals surface area (Å²) in [6, 6.07) is 7.36. The lowest BCUT2D eigenvalue weighted by molar-refractivity contribution is -0.120. The second kappa shape index (κ2) is 5.38. The number of nitrogens with zero attached hydrogens (tertiary/aromatic N) is 1. The smallest absolute Gasteiger partial charge is 0.229 e. The summed E-state index contributed by atoms with van der Waals surface area (Å²) in [4.78, 5) is 16.6. The highest BCUT2D eigenvalue weighted by molar-refractivity contribution is 6.35. The Morgan fingerprint density at radius 2 is 2.25 bits per heavy atom. The van der Waals surface area contributed by atoms with E-state index in [9.17, 15) is 4.79 Å². The van der Waals surface area contributed by atoms with E-state index in [-0.39, 0.29) is 11.8 Å². The highest BCUT2D eigenvalue weighted by atomic mass is 35.5. The maximum Gasteiger partial charge on any atom is 0.229 e. The highest BCUT2D eigenvalue weighted by Gasteiger charge is 2.29. The molecule has 1 aliphatic heterocycles. The summed E-state index contributed by atoms with van der Waals surface area (Å²) < 4.78 is 0.